The Morgan fingerprint density at radius 3 is 1.84 bits per heavy atom. The van der Waals surface area contributed by atoms with Crippen LogP contribution in [0.5, 0.6) is 0 Å². The van der Waals surface area contributed by atoms with Crippen LogP contribution in [0.2, 0.25) is 0 Å². The Bertz CT molecular complexity index is 1570. The third-order valence-electron chi connectivity index (χ3n) is 6.11. The minimum Gasteiger partial charge on any atom is -0.0622 e. The van der Waals surface area contributed by atoms with Gasteiger partial charge in [0.25, 0.3) is 0 Å². The average molecular weight is 459 g/mol. The van der Waals surface area contributed by atoms with Gasteiger partial charge in [0.15, 0.2) is 0 Å². The van der Waals surface area contributed by atoms with Gasteiger partial charge in [0.1, 0.15) is 0 Å². The first-order chi connectivity index (χ1) is 15.3. The molecule has 0 aliphatic rings. The molecular formula is C30H19Br. The van der Waals surface area contributed by atoms with Crippen LogP contribution >= 0.6 is 15.9 Å². The predicted octanol–water partition coefficient (Wildman–Crippen LogP) is 9.24. The molecule has 0 fully saturated rings. The van der Waals surface area contributed by atoms with E-state index in [1.54, 1.807) is 0 Å². The molecule has 1 heteroatoms. The van der Waals surface area contributed by atoms with Gasteiger partial charge in [0.2, 0.25) is 0 Å². The van der Waals surface area contributed by atoms with Crippen LogP contribution < -0.4 is 0 Å². The van der Waals surface area contributed by atoms with Crippen molar-refractivity contribution in [1.29, 1.82) is 0 Å². The van der Waals surface area contributed by atoms with E-state index < -0.39 is 0 Å². The van der Waals surface area contributed by atoms with Gasteiger partial charge in [-0.15, -0.1) is 0 Å². The maximum Gasteiger partial charge on any atom is 0.0181 e. The molecule has 6 rings (SSSR count). The van der Waals surface area contributed by atoms with Gasteiger partial charge in [-0.05, 0) is 66.7 Å². The fourth-order valence-electron chi connectivity index (χ4n) is 4.80. The molecule has 6 aromatic rings. The molecule has 0 aliphatic heterocycles. The van der Waals surface area contributed by atoms with Crippen molar-refractivity contribution in [2.45, 2.75) is 0 Å². The van der Waals surface area contributed by atoms with E-state index in [1.165, 1.54) is 54.6 Å². The van der Waals surface area contributed by atoms with Crippen LogP contribution in [-0.4, -0.2) is 0 Å². The third-order valence-corrected chi connectivity index (χ3v) is 6.60. The van der Waals surface area contributed by atoms with Crippen molar-refractivity contribution in [3.05, 3.63) is 120 Å². The van der Waals surface area contributed by atoms with E-state index in [9.17, 15) is 0 Å². The highest BCUT2D eigenvalue weighted by molar-refractivity contribution is 9.10. The SMILES string of the molecule is Brc1ccc2c(-c3cccc4ccccc34)c3ccccc3c(-c3ccccc3)c2c1. The number of hydrogen-bond acceptors (Lipinski definition) is 0. The highest BCUT2D eigenvalue weighted by atomic mass is 79.9. The monoisotopic (exact) mass is 458 g/mol. The number of rotatable bonds is 2. The summed E-state index contributed by atoms with van der Waals surface area (Å²) in [5.41, 5.74) is 5.11. The minimum absolute atomic E-state index is 1.09. The number of hydrogen-bond donors (Lipinski definition) is 0. The van der Waals surface area contributed by atoms with E-state index in [4.69, 9.17) is 0 Å². The molecular weight excluding hydrogens is 440 g/mol. The molecule has 31 heavy (non-hydrogen) atoms. The van der Waals surface area contributed by atoms with Crippen LogP contribution in [0.25, 0.3) is 54.6 Å². The van der Waals surface area contributed by atoms with Gasteiger partial charge < -0.3 is 0 Å². The molecule has 0 saturated heterocycles. The smallest absolute Gasteiger partial charge is 0.0181 e. The molecule has 0 aromatic heterocycles. The van der Waals surface area contributed by atoms with Crippen molar-refractivity contribution < 1.29 is 0 Å². The predicted molar refractivity (Wildman–Crippen MR) is 138 cm³/mol. The lowest BCUT2D eigenvalue weighted by Crippen LogP contribution is -1.91. The summed E-state index contributed by atoms with van der Waals surface area (Å²) in [6.07, 6.45) is 0. The Balaban J connectivity index is 1.86. The van der Waals surface area contributed by atoms with Gasteiger partial charge >= 0.3 is 0 Å². The number of fused-ring (bicyclic) bond motifs is 3. The maximum absolute atomic E-state index is 3.72. The highest BCUT2D eigenvalue weighted by Crippen LogP contribution is 2.45. The van der Waals surface area contributed by atoms with Crippen molar-refractivity contribution in [2.75, 3.05) is 0 Å². The van der Waals surface area contributed by atoms with Crippen LogP contribution in [0, 0.1) is 0 Å². The van der Waals surface area contributed by atoms with Gasteiger partial charge in [0.05, 0.1) is 0 Å². The van der Waals surface area contributed by atoms with Crippen molar-refractivity contribution in [1.82, 2.24) is 0 Å². The lowest BCUT2D eigenvalue weighted by molar-refractivity contribution is 1.65. The summed E-state index contributed by atoms with van der Waals surface area (Å²) in [5.74, 6) is 0. The second-order valence-corrected chi connectivity index (χ2v) is 8.79. The molecule has 0 amide bonds. The van der Waals surface area contributed by atoms with Crippen LogP contribution in [0.4, 0.5) is 0 Å². The van der Waals surface area contributed by atoms with E-state index in [1.807, 2.05) is 0 Å². The van der Waals surface area contributed by atoms with E-state index in [2.05, 4.69) is 131 Å². The summed E-state index contributed by atoms with van der Waals surface area (Å²) < 4.78 is 1.09. The van der Waals surface area contributed by atoms with Gasteiger partial charge in [-0.3, -0.25) is 0 Å². The fourth-order valence-corrected chi connectivity index (χ4v) is 5.16. The first-order valence-electron chi connectivity index (χ1n) is 10.5. The molecule has 0 unspecified atom stereocenters. The first-order valence-corrected chi connectivity index (χ1v) is 11.3. The van der Waals surface area contributed by atoms with Gasteiger partial charge in [-0.25, -0.2) is 0 Å². The Labute approximate surface area is 189 Å². The van der Waals surface area contributed by atoms with E-state index in [0.717, 1.165) is 4.47 Å². The largest absolute Gasteiger partial charge is 0.0622 e. The van der Waals surface area contributed by atoms with E-state index in [-0.39, 0.29) is 0 Å². The molecule has 0 nitrogen and oxygen atoms in total. The van der Waals surface area contributed by atoms with Crippen molar-refractivity contribution >= 4 is 48.2 Å². The van der Waals surface area contributed by atoms with Crippen LogP contribution in [-0.2, 0) is 0 Å². The minimum atomic E-state index is 1.09. The second kappa shape index (κ2) is 7.37. The zero-order valence-corrected chi connectivity index (χ0v) is 18.4. The summed E-state index contributed by atoms with van der Waals surface area (Å²) in [6, 6.07) is 41.5. The molecule has 146 valence electrons. The van der Waals surface area contributed by atoms with Crippen molar-refractivity contribution in [3.63, 3.8) is 0 Å². The normalized spacial score (nSPS) is 11.4. The van der Waals surface area contributed by atoms with Gasteiger partial charge in [-0.1, -0.05) is 119 Å². The van der Waals surface area contributed by atoms with Crippen molar-refractivity contribution in [3.8, 4) is 22.3 Å². The zero-order valence-electron chi connectivity index (χ0n) is 16.8. The maximum atomic E-state index is 3.72. The third kappa shape index (κ3) is 2.97. The molecule has 0 N–H and O–H groups in total. The Hall–Kier alpha value is -3.42. The second-order valence-electron chi connectivity index (χ2n) is 7.88. The summed E-state index contributed by atoms with van der Waals surface area (Å²) in [7, 11) is 0. The number of halogens is 1. The molecule has 0 atom stereocenters. The fraction of sp³-hybridized carbons (Fsp3) is 0. The number of benzene rings is 6. The Morgan fingerprint density at radius 1 is 0.419 bits per heavy atom. The first kappa shape index (κ1) is 18.4. The molecule has 0 heterocycles. The molecule has 0 radical (unpaired) electrons. The van der Waals surface area contributed by atoms with E-state index in [0.29, 0.717) is 0 Å². The summed E-state index contributed by atoms with van der Waals surface area (Å²) in [4.78, 5) is 0. The van der Waals surface area contributed by atoms with E-state index >= 15 is 0 Å². The quantitative estimate of drug-likeness (QED) is 0.226. The van der Waals surface area contributed by atoms with Crippen LogP contribution in [0.3, 0.4) is 0 Å². The standard InChI is InChI=1S/C30H19Br/c31-22-17-18-27-28(19-22)29(21-10-2-1-3-11-21)25-14-6-7-15-26(25)30(27)24-16-8-12-20-9-4-5-13-23(20)24/h1-19H. The topological polar surface area (TPSA) is 0 Å². The Morgan fingerprint density at radius 2 is 1.03 bits per heavy atom. The molecule has 0 saturated carbocycles. The average Bonchev–Trinajstić information content (AvgIpc) is 2.83. The van der Waals surface area contributed by atoms with Gasteiger partial charge in [-0.2, -0.15) is 0 Å². The lowest BCUT2D eigenvalue weighted by Gasteiger charge is -2.19. The van der Waals surface area contributed by atoms with Crippen LogP contribution in [0.15, 0.2) is 120 Å². The zero-order chi connectivity index (χ0) is 20.8. The molecule has 6 aromatic carbocycles. The Kier molecular flexibility index (Phi) is 4.36. The summed E-state index contributed by atoms with van der Waals surface area (Å²) >= 11 is 3.72. The van der Waals surface area contributed by atoms with Gasteiger partial charge in [0, 0.05) is 4.47 Å². The van der Waals surface area contributed by atoms with Crippen LogP contribution in [0.1, 0.15) is 0 Å². The molecule has 0 spiro atoms. The summed E-state index contributed by atoms with van der Waals surface area (Å²) in [6.45, 7) is 0. The summed E-state index contributed by atoms with van der Waals surface area (Å²) in [5, 5.41) is 7.65. The highest BCUT2D eigenvalue weighted by Gasteiger charge is 2.17. The molecule has 0 aliphatic carbocycles. The van der Waals surface area contributed by atoms with Crippen molar-refractivity contribution in [2.24, 2.45) is 0 Å². The lowest BCUT2D eigenvalue weighted by atomic mass is 9.85. The molecule has 0 bridgehead atoms.